The number of nitrogens with one attached hydrogen (secondary N) is 3. The lowest BCUT2D eigenvalue weighted by molar-refractivity contribution is -0.384. The van der Waals surface area contributed by atoms with Crippen molar-refractivity contribution in [2.75, 3.05) is 5.32 Å². The van der Waals surface area contributed by atoms with Gasteiger partial charge in [0.15, 0.2) is 0 Å². The van der Waals surface area contributed by atoms with Crippen molar-refractivity contribution < 1.29 is 14.5 Å². The van der Waals surface area contributed by atoms with Crippen LogP contribution < -0.4 is 16.0 Å². The van der Waals surface area contributed by atoms with Crippen LogP contribution in [0.25, 0.3) is 0 Å². The molecule has 9 heteroatoms. The van der Waals surface area contributed by atoms with Crippen LogP contribution in [0.15, 0.2) is 53.7 Å². The van der Waals surface area contributed by atoms with Crippen molar-refractivity contribution in [1.29, 1.82) is 0 Å². The SMILES string of the molecule is CC1=C(C(=O)Nc2ccc(C)cc2)[C@@H](c2ccc(Cl)c([N+](=O)[O-])c2)NC(=O)N1. The molecule has 3 amide bonds. The van der Waals surface area contributed by atoms with E-state index in [1.165, 1.54) is 18.2 Å². The molecule has 0 aliphatic carbocycles. The largest absolute Gasteiger partial charge is 0.327 e. The quantitative estimate of drug-likeness (QED) is 0.534. The molecule has 0 fully saturated rings. The molecule has 3 N–H and O–H groups in total. The first-order valence-corrected chi connectivity index (χ1v) is 8.74. The van der Waals surface area contributed by atoms with Crippen LogP contribution in [0, 0.1) is 17.0 Å². The number of nitro groups is 1. The van der Waals surface area contributed by atoms with Crippen LogP contribution >= 0.6 is 11.6 Å². The van der Waals surface area contributed by atoms with Crippen LogP contribution in [0.3, 0.4) is 0 Å². The molecular formula is C19H17ClN4O4. The second-order valence-electron chi connectivity index (χ2n) is 6.36. The summed E-state index contributed by atoms with van der Waals surface area (Å²) in [4.78, 5) is 35.5. The van der Waals surface area contributed by atoms with E-state index in [9.17, 15) is 19.7 Å². The summed E-state index contributed by atoms with van der Waals surface area (Å²) in [5.41, 5.74) is 2.31. The highest BCUT2D eigenvalue weighted by Crippen LogP contribution is 2.33. The Morgan fingerprint density at radius 3 is 2.50 bits per heavy atom. The second-order valence-corrected chi connectivity index (χ2v) is 6.77. The molecule has 0 aromatic heterocycles. The average molecular weight is 401 g/mol. The number of hydrogen-bond acceptors (Lipinski definition) is 4. The second kappa shape index (κ2) is 7.69. The van der Waals surface area contributed by atoms with E-state index in [-0.39, 0.29) is 16.3 Å². The Kier molecular flexibility index (Phi) is 5.32. The molecule has 1 atom stereocenters. The molecule has 0 saturated heterocycles. The monoisotopic (exact) mass is 400 g/mol. The van der Waals surface area contributed by atoms with Gasteiger partial charge in [0.1, 0.15) is 5.02 Å². The summed E-state index contributed by atoms with van der Waals surface area (Å²) in [5, 5.41) is 19.2. The smallest absolute Gasteiger partial charge is 0.319 e. The third-order valence-corrected chi connectivity index (χ3v) is 4.64. The van der Waals surface area contributed by atoms with Gasteiger partial charge in [0.2, 0.25) is 0 Å². The van der Waals surface area contributed by atoms with Gasteiger partial charge in [-0.05, 0) is 37.6 Å². The third-order valence-electron chi connectivity index (χ3n) is 4.32. The number of halogens is 1. The molecule has 1 aliphatic heterocycles. The molecule has 0 bridgehead atoms. The molecule has 3 rings (SSSR count). The lowest BCUT2D eigenvalue weighted by atomic mass is 9.94. The van der Waals surface area contributed by atoms with Gasteiger partial charge in [-0.3, -0.25) is 14.9 Å². The van der Waals surface area contributed by atoms with Crippen molar-refractivity contribution >= 4 is 34.9 Å². The fraction of sp³-hybridized carbons (Fsp3) is 0.158. The average Bonchev–Trinajstić information content (AvgIpc) is 2.63. The van der Waals surface area contributed by atoms with Crippen molar-refractivity contribution in [3.8, 4) is 0 Å². The summed E-state index contributed by atoms with van der Waals surface area (Å²) in [5.74, 6) is -0.434. The van der Waals surface area contributed by atoms with E-state index in [0.717, 1.165) is 5.56 Å². The van der Waals surface area contributed by atoms with E-state index in [1.54, 1.807) is 19.1 Å². The number of urea groups is 1. The molecular weight excluding hydrogens is 384 g/mol. The predicted molar refractivity (Wildman–Crippen MR) is 105 cm³/mol. The molecule has 144 valence electrons. The minimum atomic E-state index is -0.866. The zero-order chi connectivity index (χ0) is 20.4. The van der Waals surface area contributed by atoms with Gasteiger partial charge >= 0.3 is 6.03 Å². The number of nitro benzene ring substituents is 1. The molecule has 2 aromatic rings. The van der Waals surface area contributed by atoms with Crippen LogP contribution in [-0.4, -0.2) is 16.9 Å². The Hall–Kier alpha value is -3.39. The maximum atomic E-state index is 12.9. The Morgan fingerprint density at radius 1 is 1.18 bits per heavy atom. The van der Waals surface area contributed by atoms with Gasteiger partial charge in [0.25, 0.3) is 11.6 Å². The summed E-state index contributed by atoms with van der Waals surface area (Å²) >= 11 is 5.87. The van der Waals surface area contributed by atoms with Crippen molar-refractivity contribution in [2.45, 2.75) is 19.9 Å². The van der Waals surface area contributed by atoms with Gasteiger partial charge < -0.3 is 16.0 Å². The summed E-state index contributed by atoms with van der Waals surface area (Å²) in [6.45, 7) is 3.53. The Morgan fingerprint density at radius 2 is 1.86 bits per heavy atom. The number of nitrogens with zero attached hydrogens (tertiary/aromatic N) is 1. The molecule has 0 unspecified atom stereocenters. The van der Waals surface area contributed by atoms with E-state index in [0.29, 0.717) is 16.9 Å². The topological polar surface area (TPSA) is 113 Å². The van der Waals surface area contributed by atoms with Crippen LogP contribution in [0.4, 0.5) is 16.2 Å². The van der Waals surface area contributed by atoms with E-state index >= 15 is 0 Å². The molecule has 1 heterocycles. The van der Waals surface area contributed by atoms with Gasteiger partial charge in [-0.2, -0.15) is 0 Å². The van der Waals surface area contributed by atoms with Crippen LogP contribution in [0.1, 0.15) is 24.1 Å². The van der Waals surface area contributed by atoms with Gasteiger partial charge in [-0.25, -0.2) is 4.79 Å². The summed E-state index contributed by atoms with van der Waals surface area (Å²) < 4.78 is 0. The van der Waals surface area contributed by atoms with Crippen molar-refractivity contribution in [2.24, 2.45) is 0 Å². The number of carbonyl (C=O) groups is 2. The summed E-state index contributed by atoms with van der Waals surface area (Å²) in [7, 11) is 0. The third kappa shape index (κ3) is 3.96. The van der Waals surface area contributed by atoms with Crippen LogP contribution in [0.5, 0.6) is 0 Å². The molecule has 2 aromatic carbocycles. The van der Waals surface area contributed by atoms with Crippen molar-refractivity contribution in [3.63, 3.8) is 0 Å². The fourth-order valence-corrected chi connectivity index (χ4v) is 3.12. The lowest BCUT2D eigenvalue weighted by Gasteiger charge is -2.28. The number of aryl methyl sites for hydroxylation is 1. The zero-order valence-electron chi connectivity index (χ0n) is 15.1. The van der Waals surface area contributed by atoms with E-state index in [1.807, 2.05) is 19.1 Å². The van der Waals surface area contributed by atoms with Gasteiger partial charge in [0, 0.05) is 17.5 Å². The normalized spacial score (nSPS) is 16.2. The van der Waals surface area contributed by atoms with Crippen LogP contribution in [-0.2, 0) is 4.79 Å². The maximum absolute atomic E-state index is 12.9. The van der Waals surface area contributed by atoms with E-state index < -0.39 is 22.9 Å². The fourth-order valence-electron chi connectivity index (χ4n) is 2.93. The van der Waals surface area contributed by atoms with Crippen molar-refractivity contribution in [3.05, 3.63) is 80.0 Å². The molecule has 0 radical (unpaired) electrons. The van der Waals surface area contributed by atoms with Gasteiger partial charge in [0.05, 0.1) is 16.5 Å². The summed E-state index contributed by atoms with van der Waals surface area (Å²) in [6, 6.07) is 10.0. The molecule has 8 nitrogen and oxygen atoms in total. The highest BCUT2D eigenvalue weighted by Gasteiger charge is 2.32. The predicted octanol–water partition coefficient (Wildman–Crippen LogP) is 3.82. The minimum absolute atomic E-state index is 0.0274. The van der Waals surface area contributed by atoms with E-state index in [4.69, 9.17) is 11.6 Å². The molecule has 1 aliphatic rings. The highest BCUT2D eigenvalue weighted by molar-refractivity contribution is 6.32. The Labute approximate surface area is 165 Å². The Bertz CT molecular complexity index is 1000. The first-order chi connectivity index (χ1) is 13.3. The number of benzene rings is 2. The maximum Gasteiger partial charge on any atom is 0.319 e. The Balaban J connectivity index is 1.99. The number of anilines is 1. The van der Waals surface area contributed by atoms with Gasteiger partial charge in [-0.1, -0.05) is 35.4 Å². The first kappa shape index (κ1) is 19.4. The summed E-state index contributed by atoms with van der Waals surface area (Å²) in [6.07, 6.45) is 0. The zero-order valence-corrected chi connectivity index (χ0v) is 15.8. The number of carbonyl (C=O) groups excluding carboxylic acids is 2. The van der Waals surface area contributed by atoms with Crippen LogP contribution in [0.2, 0.25) is 5.02 Å². The van der Waals surface area contributed by atoms with Gasteiger partial charge in [-0.15, -0.1) is 0 Å². The molecule has 28 heavy (non-hydrogen) atoms. The first-order valence-electron chi connectivity index (χ1n) is 8.36. The van der Waals surface area contributed by atoms with E-state index in [2.05, 4.69) is 16.0 Å². The highest BCUT2D eigenvalue weighted by atomic mass is 35.5. The van der Waals surface area contributed by atoms with Crippen molar-refractivity contribution in [1.82, 2.24) is 10.6 Å². The lowest BCUT2D eigenvalue weighted by Crippen LogP contribution is -2.46. The number of hydrogen-bond donors (Lipinski definition) is 3. The molecule has 0 spiro atoms. The minimum Gasteiger partial charge on any atom is -0.327 e. The molecule has 0 saturated carbocycles. The number of rotatable bonds is 4. The number of amides is 3. The standard InChI is InChI=1S/C19H17ClN4O4/c1-10-3-6-13(7-4-10)22-18(25)16-11(2)21-19(26)23-17(16)12-5-8-14(20)15(9-12)24(27)28/h3-9,17H,1-2H3,(H,22,25)(H2,21,23,26)/t17-/m1/s1. The number of allylic oxidation sites excluding steroid dienone is 1.